The van der Waals surface area contributed by atoms with Gasteiger partial charge in [0.2, 0.25) is 0 Å². The van der Waals surface area contributed by atoms with Gasteiger partial charge in [0, 0.05) is 24.0 Å². The number of aromatic nitrogens is 2. The van der Waals surface area contributed by atoms with Crippen molar-refractivity contribution in [2.24, 2.45) is 0 Å². The first-order valence-corrected chi connectivity index (χ1v) is 7.34. The van der Waals surface area contributed by atoms with Crippen LogP contribution in [0.4, 0.5) is 0 Å². The van der Waals surface area contributed by atoms with Crippen LogP contribution in [0.3, 0.4) is 0 Å². The standard InChI is InChI=1S/C19H14N2O3/c22-17-12-14-20(13-11-15-7-3-1-4-8-15)19(24)21(17)18(23)16-9-5-2-6-10-16/h1-14H/b13-11+. The molecule has 0 aliphatic rings. The molecule has 1 heterocycles. The molecule has 5 nitrogen and oxygen atoms in total. The topological polar surface area (TPSA) is 61.1 Å². The van der Waals surface area contributed by atoms with Crippen molar-refractivity contribution in [3.63, 3.8) is 0 Å². The molecule has 0 radical (unpaired) electrons. The summed E-state index contributed by atoms with van der Waals surface area (Å²) in [6.07, 6.45) is 4.59. The summed E-state index contributed by atoms with van der Waals surface area (Å²) in [5.41, 5.74) is -0.181. The van der Waals surface area contributed by atoms with Crippen LogP contribution in [0, 0.1) is 0 Å². The smallest absolute Gasteiger partial charge is 0.276 e. The van der Waals surface area contributed by atoms with Crippen LogP contribution in [0.25, 0.3) is 12.3 Å². The number of nitrogens with zero attached hydrogens (tertiary/aromatic N) is 2. The van der Waals surface area contributed by atoms with E-state index in [0.29, 0.717) is 4.57 Å². The van der Waals surface area contributed by atoms with Gasteiger partial charge in [0.25, 0.3) is 11.5 Å². The number of hydrogen-bond donors (Lipinski definition) is 0. The minimum Gasteiger partial charge on any atom is -0.276 e. The molecule has 0 fully saturated rings. The summed E-state index contributed by atoms with van der Waals surface area (Å²) in [5, 5.41) is 0. The second-order valence-corrected chi connectivity index (χ2v) is 5.08. The molecule has 118 valence electrons. The summed E-state index contributed by atoms with van der Waals surface area (Å²) in [7, 11) is 0. The minimum absolute atomic E-state index is 0.279. The molecule has 0 aliphatic carbocycles. The number of hydrogen-bond acceptors (Lipinski definition) is 3. The molecule has 0 unspecified atom stereocenters. The van der Waals surface area contributed by atoms with Crippen molar-refractivity contribution in [1.82, 2.24) is 9.13 Å². The first-order chi connectivity index (χ1) is 11.7. The highest BCUT2D eigenvalue weighted by Gasteiger charge is 2.14. The lowest BCUT2D eigenvalue weighted by Gasteiger charge is -2.05. The van der Waals surface area contributed by atoms with Crippen LogP contribution < -0.4 is 11.2 Å². The average molecular weight is 318 g/mol. The Morgan fingerprint density at radius 3 is 2.12 bits per heavy atom. The van der Waals surface area contributed by atoms with Crippen LogP contribution in [0.2, 0.25) is 0 Å². The van der Waals surface area contributed by atoms with E-state index in [4.69, 9.17) is 0 Å². The molecule has 0 aliphatic heterocycles. The van der Waals surface area contributed by atoms with Crippen LogP contribution in [0.5, 0.6) is 0 Å². The average Bonchev–Trinajstić information content (AvgIpc) is 2.62. The van der Waals surface area contributed by atoms with Gasteiger partial charge >= 0.3 is 5.69 Å². The SMILES string of the molecule is O=C(c1ccccc1)n1c(=O)ccn(/C=C/c2ccccc2)c1=O. The van der Waals surface area contributed by atoms with Gasteiger partial charge < -0.3 is 0 Å². The van der Waals surface area contributed by atoms with Crippen molar-refractivity contribution < 1.29 is 4.79 Å². The van der Waals surface area contributed by atoms with Crippen LogP contribution in [0.1, 0.15) is 15.9 Å². The predicted molar refractivity (Wildman–Crippen MR) is 92.8 cm³/mol. The van der Waals surface area contributed by atoms with Crippen molar-refractivity contribution in [1.29, 1.82) is 0 Å². The van der Waals surface area contributed by atoms with Gasteiger partial charge in [0.05, 0.1) is 0 Å². The number of carbonyl (C=O) groups excluding carboxylic acids is 1. The maximum absolute atomic E-state index is 12.5. The van der Waals surface area contributed by atoms with E-state index < -0.39 is 17.2 Å². The minimum atomic E-state index is -0.705. The van der Waals surface area contributed by atoms with E-state index in [2.05, 4.69) is 0 Å². The van der Waals surface area contributed by atoms with Gasteiger partial charge in [-0.3, -0.25) is 14.2 Å². The van der Waals surface area contributed by atoms with E-state index in [-0.39, 0.29) is 5.56 Å². The van der Waals surface area contributed by atoms with E-state index in [9.17, 15) is 14.4 Å². The van der Waals surface area contributed by atoms with Crippen LogP contribution in [-0.2, 0) is 0 Å². The summed E-state index contributed by atoms with van der Waals surface area (Å²) >= 11 is 0. The Morgan fingerprint density at radius 1 is 0.833 bits per heavy atom. The first-order valence-electron chi connectivity index (χ1n) is 7.34. The highest BCUT2D eigenvalue weighted by atomic mass is 16.2. The van der Waals surface area contributed by atoms with Gasteiger partial charge in [-0.1, -0.05) is 48.5 Å². The quantitative estimate of drug-likeness (QED) is 0.744. The predicted octanol–water partition coefficient (Wildman–Crippen LogP) is 2.33. The Balaban J connectivity index is 2.03. The van der Waals surface area contributed by atoms with Gasteiger partial charge in [0.15, 0.2) is 0 Å². The third-order valence-corrected chi connectivity index (χ3v) is 3.46. The van der Waals surface area contributed by atoms with Crippen molar-refractivity contribution in [3.05, 3.63) is 105 Å². The highest BCUT2D eigenvalue weighted by molar-refractivity contribution is 5.95. The fourth-order valence-corrected chi connectivity index (χ4v) is 2.23. The van der Waals surface area contributed by atoms with E-state index in [0.717, 1.165) is 5.56 Å². The molecule has 2 aromatic carbocycles. The fourth-order valence-electron chi connectivity index (χ4n) is 2.23. The molecule has 0 atom stereocenters. The van der Waals surface area contributed by atoms with Crippen molar-refractivity contribution in [2.75, 3.05) is 0 Å². The highest BCUT2D eigenvalue weighted by Crippen LogP contribution is 2.02. The van der Waals surface area contributed by atoms with Gasteiger partial charge in [-0.2, -0.15) is 4.57 Å². The van der Waals surface area contributed by atoms with E-state index in [1.54, 1.807) is 36.4 Å². The lowest BCUT2D eigenvalue weighted by molar-refractivity contribution is 0.0949. The van der Waals surface area contributed by atoms with Crippen LogP contribution in [-0.4, -0.2) is 15.0 Å². The van der Waals surface area contributed by atoms with Crippen molar-refractivity contribution in [3.8, 4) is 0 Å². The third-order valence-electron chi connectivity index (χ3n) is 3.46. The molecule has 0 bridgehead atoms. The van der Waals surface area contributed by atoms with Crippen molar-refractivity contribution >= 4 is 18.2 Å². The van der Waals surface area contributed by atoms with E-state index in [1.165, 1.54) is 23.0 Å². The summed E-state index contributed by atoms with van der Waals surface area (Å²) in [5.74, 6) is -0.645. The summed E-state index contributed by atoms with van der Waals surface area (Å²) in [4.78, 5) is 36.9. The molecule has 0 spiro atoms. The number of carbonyl (C=O) groups is 1. The second-order valence-electron chi connectivity index (χ2n) is 5.08. The Labute approximate surface area is 137 Å². The Bertz CT molecular complexity index is 1000. The maximum atomic E-state index is 12.5. The van der Waals surface area contributed by atoms with Crippen molar-refractivity contribution in [2.45, 2.75) is 0 Å². The van der Waals surface area contributed by atoms with E-state index in [1.807, 2.05) is 30.3 Å². The monoisotopic (exact) mass is 318 g/mol. The molecule has 24 heavy (non-hydrogen) atoms. The maximum Gasteiger partial charge on any atom is 0.342 e. The zero-order valence-corrected chi connectivity index (χ0v) is 12.7. The summed E-state index contributed by atoms with van der Waals surface area (Å²) in [6, 6.07) is 18.8. The Hall–Kier alpha value is -3.47. The summed E-state index contributed by atoms with van der Waals surface area (Å²) < 4.78 is 1.83. The van der Waals surface area contributed by atoms with Gasteiger partial charge in [-0.05, 0) is 23.8 Å². The van der Waals surface area contributed by atoms with Gasteiger partial charge in [-0.25, -0.2) is 4.79 Å². The number of rotatable bonds is 3. The Morgan fingerprint density at radius 2 is 1.46 bits per heavy atom. The number of benzene rings is 2. The zero-order chi connectivity index (χ0) is 16.9. The Kier molecular flexibility index (Phi) is 4.34. The molecular formula is C19H14N2O3. The fraction of sp³-hybridized carbons (Fsp3) is 0. The molecular weight excluding hydrogens is 304 g/mol. The molecule has 0 N–H and O–H groups in total. The molecule has 3 aromatic rings. The molecule has 1 aromatic heterocycles. The van der Waals surface area contributed by atoms with Crippen LogP contribution >= 0.6 is 0 Å². The second kappa shape index (κ2) is 6.75. The lowest BCUT2D eigenvalue weighted by Crippen LogP contribution is -2.41. The van der Waals surface area contributed by atoms with Crippen LogP contribution in [0.15, 0.2) is 82.5 Å². The molecule has 3 rings (SSSR count). The third kappa shape index (κ3) is 3.15. The lowest BCUT2D eigenvalue weighted by atomic mass is 10.2. The zero-order valence-electron chi connectivity index (χ0n) is 12.7. The largest absolute Gasteiger partial charge is 0.342 e. The molecule has 0 amide bonds. The van der Waals surface area contributed by atoms with E-state index >= 15 is 0 Å². The summed E-state index contributed by atoms with van der Waals surface area (Å²) in [6.45, 7) is 0. The molecule has 0 saturated carbocycles. The molecule has 5 heteroatoms. The molecule has 0 saturated heterocycles. The van der Waals surface area contributed by atoms with Gasteiger partial charge in [-0.15, -0.1) is 0 Å². The normalized spacial score (nSPS) is 10.8. The first kappa shape index (κ1) is 15.4. The van der Waals surface area contributed by atoms with Gasteiger partial charge in [0.1, 0.15) is 0 Å².